The van der Waals surface area contributed by atoms with E-state index in [1.807, 2.05) is 43.3 Å². The first-order chi connectivity index (χ1) is 11.9. The molecule has 0 N–H and O–H groups in total. The number of nitrogens with zero attached hydrogens (tertiary/aromatic N) is 1. The van der Waals surface area contributed by atoms with Crippen LogP contribution in [-0.4, -0.2) is 19.3 Å². The lowest BCUT2D eigenvalue weighted by atomic mass is 10.0. The highest BCUT2D eigenvalue weighted by Crippen LogP contribution is 2.30. The molecular formula is C19H19ClINO2S. The van der Waals surface area contributed by atoms with Crippen LogP contribution in [0.3, 0.4) is 0 Å². The molecule has 1 aliphatic rings. The van der Waals surface area contributed by atoms with Crippen LogP contribution in [0.5, 0.6) is 0 Å². The second-order valence-electron chi connectivity index (χ2n) is 6.16. The third-order valence-electron chi connectivity index (χ3n) is 4.35. The highest BCUT2D eigenvalue weighted by molar-refractivity contribution is 14.1. The van der Waals surface area contributed by atoms with E-state index in [1.54, 1.807) is 12.1 Å². The number of hydrogen-bond donors (Lipinski definition) is 0. The van der Waals surface area contributed by atoms with Gasteiger partial charge in [-0.3, -0.25) is 0 Å². The van der Waals surface area contributed by atoms with Crippen molar-refractivity contribution in [2.45, 2.75) is 31.2 Å². The molecule has 0 aliphatic carbocycles. The van der Waals surface area contributed by atoms with Gasteiger partial charge in [0.2, 0.25) is 10.0 Å². The molecule has 132 valence electrons. The third kappa shape index (κ3) is 4.27. The van der Waals surface area contributed by atoms with Gasteiger partial charge in [0.1, 0.15) is 0 Å². The minimum absolute atomic E-state index is 0.296. The van der Waals surface area contributed by atoms with Crippen molar-refractivity contribution < 1.29 is 8.42 Å². The van der Waals surface area contributed by atoms with E-state index < -0.39 is 10.0 Å². The lowest BCUT2D eigenvalue weighted by Gasteiger charge is -2.23. The zero-order valence-corrected chi connectivity index (χ0v) is 17.6. The summed E-state index contributed by atoms with van der Waals surface area (Å²) in [5, 5.41) is 0.737. The summed E-state index contributed by atoms with van der Waals surface area (Å²) in [6.45, 7) is 2.59. The monoisotopic (exact) mass is 487 g/mol. The second kappa shape index (κ2) is 7.78. The van der Waals surface area contributed by atoms with Crippen LogP contribution in [0.25, 0.3) is 0 Å². The summed E-state index contributed by atoms with van der Waals surface area (Å²) in [7, 11) is -3.60. The van der Waals surface area contributed by atoms with Crippen molar-refractivity contribution in [1.82, 2.24) is 4.31 Å². The van der Waals surface area contributed by atoms with E-state index in [9.17, 15) is 8.42 Å². The molecule has 0 atom stereocenters. The van der Waals surface area contributed by atoms with Crippen molar-refractivity contribution in [3.8, 4) is 0 Å². The standard InChI is InChI=1S/C19H19ClINO2S/c1-14-6-9-17(10-7-14)25(23,24)22-12-16-5-3-2-4-15(16)8-11-18(20)19(21)13-22/h2-7,9-10H,8,11-13H2,1H3/b19-18+. The van der Waals surface area contributed by atoms with Gasteiger partial charge in [-0.25, -0.2) is 8.42 Å². The van der Waals surface area contributed by atoms with Gasteiger partial charge in [0, 0.05) is 21.7 Å². The lowest BCUT2D eigenvalue weighted by molar-refractivity contribution is 0.436. The first-order valence-electron chi connectivity index (χ1n) is 8.04. The molecule has 0 aromatic heterocycles. The Morgan fingerprint density at radius 2 is 1.60 bits per heavy atom. The van der Waals surface area contributed by atoms with E-state index in [1.165, 1.54) is 4.31 Å². The molecule has 0 spiro atoms. The molecule has 1 aliphatic heterocycles. The molecule has 0 bridgehead atoms. The lowest BCUT2D eigenvalue weighted by Crippen LogP contribution is -2.32. The molecule has 0 saturated heterocycles. The molecule has 1 heterocycles. The smallest absolute Gasteiger partial charge is 0.207 e. The zero-order chi connectivity index (χ0) is 18.0. The molecule has 0 radical (unpaired) electrons. The highest BCUT2D eigenvalue weighted by atomic mass is 127. The summed E-state index contributed by atoms with van der Waals surface area (Å²) in [5.74, 6) is 0. The van der Waals surface area contributed by atoms with Gasteiger partial charge in [0.15, 0.2) is 0 Å². The number of hydrogen-bond acceptors (Lipinski definition) is 2. The molecular weight excluding hydrogens is 469 g/mol. The van der Waals surface area contributed by atoms with Gasteiger partial charge in [-0.1, -0.05) is 53.6 Å². The van der Waals surface area contributed by atoms with Gasteiger partial charge >= 0.3 is 0 Å². The van der Waals surface area contributed by atoms with Gasteiger partial charge in [0.05, 0.1) is 4.90 Å². The number of allylic oxidation sites excluding steroid dienone is 1. The predicted molar refractivity (Wildman–Crippen MR) is 110 cm³/mol. The van der Waals surface area contributed by atoms with Gasteiger partial charge in [-0.15, -0.1) is 0 Å². The largest absolute Gasteiger partial charge is 0.243 e. The van der Waals surface area contributed by atoms with E-state index in [2.05, 4.69) is 22.6 Å². The molecule has 2 aromatic rings. The van der Waals surface area contributed by atoms with Crippen LogP contribution in [0.4, 0.5) is 0 Å². The zero-order valence-electron chi connectivity index (χ0n) is 13.9. The minimum atomic E-state index is -3.60. The summed E-state index contributed by atoms with van der Waals surface area (Å²) in [4.78, 5) is 0.315. The molecule has 6 heteroatoms. The number of fused-ring (bicyclic) bond motifs is 1. The topological polar surface area (TPSA) is 37.4 Å². The summed E-state index contributed by atoms with van der Waals surface area (Å²) in [5.41, 5.74) is 3.22. The highest BCUT2D eigenvalue weighted by Gasteiger charge is 2.27. The van der Waals surface area contributed by atoms with Crippen molar-refractivity contribution in [2.75, 3.05) is 6.54 Å². The second-order valence-corrected chi connectivity index (χ2v) is 9.86. The summed E-state index contributed by atoms with van der Waals surface area (Å²) in [6.07, 6.45) is 1.55. The molecule has 0 fully saturated rings. The van der Waals surface area contributed by atoms with Gasteiger partial charge in [0.25, 0.3) is 0 Å². The van der Waals surface area contributed by atoms with E-state index >= 15 is 0 Å². The molecule has 2 aromatic carbocycles. The van der Waals surface area contributed by atoms with Gasteiger partial charge < -0.3 is 0 Å². The third-order valence-corrected chi connectivity index (χ3v) is 7.88. The number of rotatable bonds is 2. The average Bonchev–Trinajstić information content (AvgIpc) is 2.65. The fourth-order valence-corrected chi connectivity index (χ4v) is 5.30. The van der Waals surface area contributed by atoms with Crippen molar-refractivity contribution >= 4 is 44.2 Å². The van der Waals surface area contributed by atoms with Crippen LogP contribution in [-0.2, 0) is 23.0 Å². The normalized spacial score (nSPS) is 19.6. The minimum Gasteiger partial charge on any atom is -0.207 e. The van der Waals surface area contributed by atoms with Crippen LogP contribution < -0.4 is 0 Å². The summed E-state index contributed by atoms with van der Waals surface area (Å²) in [6, 6.07) is 15.0. The SMILES string of the molecule is Cc1ccc(S(=O)(=O)N2C/C(I)=C(\Cl)CCc3ccccc3C2)cc1. The maximum Gasteiger partial charge on any atom is 0.243 e. The Morgan fingerprint density at radius 3 is 2.28 bits per heavy atom. The van der Waals surface area contributed by atoms with Crippen LogP contribution in [0.2, 0.25) is 0 Å². The van der Waals surface area contributed by atoms with Crippen LogP contribution >= 0.6 is 34.2 Å². The Labute approximate surface area is 167 Å². The van der Waals surface area contributed by atoms with Crippen molar-refractivity contribution in [1.29, 1.82) is 0 Å². The number of aryl methyl sites for hydroxylation is 2. The Hall–Kier alpha value is -0.890. The quantitative estimate of drug-likeness (QED) is 0.558. The molecule has 3 rings (SSSR count). The van der Waals surface area contributed by atoms with Crippen LogP contribution in [0.15, 0.2) is 62.0 Å². The molecule has 3 nitrogen and oxygen atoms in total. The Kier molecular flexibility index (Phi) is 5.88. The first-order valence-corrected chi connectivity index (χ1v) is 10.9. The van der Waals surface area contributed by atoms with E-state index in [0.717, 1.165) is 38.1 Å². The van der Waals surface area contributed by atoms with Crippen LogP contribution in [0.1, 0.15) is 23.1 Å². The van der Waals surface area contributed by atoms with Gasteiger partial charge in [-0.05, 0) is 65.6 Å². The van der Waals surface area contributed by atoms with E-state index in [0.29, 0.717) is 18.0 Å². The van der Waals surface area contributed by atoms with E-state index in [-0.39, 0.29) is 0 Å². The predicted octanol–water partition coefficient (Wildman–Crippen LogP) is 5.02. The molecule has 0 amide bonds. The van der Waals surface area contributed by atoms with Gasteiger partial charge in [-0.2, -0.15) is 4.31 Å². The van der Waals surface area contributed by atoms with Crippen molar-refractivity contribution in [3.63, 3.8) is 0 Å². The number of sulfonamides is 1. The number of benzene rings is 2. The Bertz CT molecular complexity index is 907. The fourth-order valence-electron chi connectivity index (χ4n) is 2.85. The summed E-state index contributed by atoms with van der Waals surface area (Å²) >= 11 is 8.58. The van der Waals surface area contributed by atoms with Crippen molar-refractivity contribution in [3.05, 3.63) is 73.8 Å². The van der Waals surface area contributed by atoms with E-state index in [4.69, 9.17) is 11.6 Å². The fraction of sp³-hybridized carbons (Fsp3) is 0.263. The average molecular weight is 488 g/mol. The van der Waals surface area contributed by atoms with Crippen molar-refractivity contribution in [2.24, 2.45) is 0 Å². The Morgan fingerprint density at radius 1 is 0.960 bits per heavy atom. The molecule has 25 heavy (non-hydrogen) atoms. The maximum atomic E-state index is 13.2. The maximum absolute atomic E-state index is 13.2. The summed E-state index contributed by atoms with van der Waals surface area (Å²) < 4.78 is 28.8. The van der Waals surface area contributed by atoms with Crippen LogP contribution in [0, 0.1) is 6.92 Å². The molecule has 0 unspecified atom stereocenters. The molecule has 0 saturated carbocycles. The number of halogens is 2. The first kappa shape index (κ1) is 18.9. The Balaban J connectivity index is 2.06.